The van der Waals surface area contributed by atoms with Gasteiger partial charge in [0.15, 0.2) is 5.82 Å². The fourth-order valence-electron chi connectivity index (χ4n) is 3.25. The van der Waals surface area contributed by atoms with Gasteiger partial charge in [-0.2, -0.15) is 10.1 Å². The number of fused-ring (bicyclic) bond motifs is 1. The summed E-state index contributed by atoms with van der Waals surface area (Å²) in [5, 5.41) is 9.42. The van der Waals surface area contributed by atoms with Gasteiger partial charge >= 0.3 is 0 Å². The maximum Gasteiger partial charge on any atom is 0.244 e. The number of aromatic nitrogens is 4. The molecule has 1 fully saturated rings. The lowest BCUT2D eigenvalue weighted by Gasteiger charge is -2.22. The van der Waals surface area contributed by atoms with E-state index < -0.39 is 0 Å². The number of rotatable bonds is 4. The molecule has 0 radical (unpaired) electrons. The molecule has 1 aromatic carbocycles. The van der Waals surface area contributed by atoms with Gasteiger partial charge in [0.25, 0.3) is 0 Å². The van der Waals surface area contributed by atoms with Crippen LogP contribution in [0.15, 0.2) is 35.0 Å². The molecule has 0 N–H and O–H groups in total. The zero-order valence-electron chi connectivity index (χ0n) is 13.6. The molecule has 7 heteroatoms. The van der Waals surface area contributed by atoms with Crippen molar-refractivity contribution in [3.8, 4) is 0 Å². The first-order valence-electron chi connectivity index (χ1n) is 8.28. The summed E-state index contributed by atoms with van der Waals surface area (Å²) in [7, 11) is 0. The normalized spacial score (nSPS) is 17.7. The molecular weight excluding hydrogens is 306 g/mol. The number of likely N-dealkylation sites (tertiary alicyclic amines) is 1. The van der Waals surface area contributed by atoms with E-state index in [1.165, 1.54) is 0 Å². The van der Waals surface area contributed by atoms with Gasteiger partial charge in [-0.15, -0.1) is 0 Å². The Morgan fingerprint density at radius 1 is 1.38 bits per heavy atom. The zero-order chi connectivity index (χ0) is 16.5. The molecule has 1 unspecified atom stereocenters. The van der Waals surface area contributed by atoms with Crippen molar-refractivity contribution in [2.45, 2.75) is 38.8 Å². The Balaban J connectivity index is 1.54. The number of hydrogen-bond acceptors (Lipinski definition) is 5. The minimum atomic E-state index is -0.0941. The number of carbonyl (C=O) groups excluding carboxylic acids is 1. The second-order valence-electron chi connectivity index (χ2n) is 6.01. The lowest BCUT2D eigenvalue weighted by molar-refractivity contribution is -0.133. The zero-order valence-corrected chi connectivity index (χ0v) is 13.6. The van der Waals surface area contributed by atoms with E-state index in [-0.39, 0.29) is 18.5 Å². The minimum absolute atomic E-state index is 0.0363. The molecule has 4 rings (SSSR count). The summed E-state index contributed by atoms with van der Waals surface area (Å²) in [5.74, 6) is 1.26. The minimum Gasteiger partial charge on any atom is -0.339 e. The summed E-state index contributed by atoms with van der Waals surface area (Å²) in [5.41, 5.74) is 0.967. The van der Waals surface area contributed by atoms with E-state index in [2.05, 4.69) is 15.2 Å². The summed E-state index contributed by atoms with van der Waals surface area (Å²) in [4.78, 5) is 19.0. The van der Waals surface area contributed by atoms with Gasteiger partial charge in [-0.3, -0.25) is 9.48 Å². The molecule has 3 heterocycles. The quantitative estimate of drug-likeness (QED) is 0.736. The Kier molecular flexibility index (Phi) is 3.76. The van der Waals surface area contributed by atoms with Crippen LogP contribution in [0, 0.1) is 0 Å². The number of carbonyl (C=O) groups is 1. The first kappa shape index (κ1) is 14.9. The Morgan fingerprint density at radius 3 is 3.08 bits per heavy atom. The van der Waals surface area contributed by atoms with Crippen molar-refractivity contribution >= 4 is 16.8 Å². The maximum absolute atomic E-state index is 12.8. The Labute approximate surface area is 139 Å². The lowest BCUT2D eigenvalue weighted by atomic mass is 10.2. The molecule has 1 atom stereocenters. The molecule has 1 amide bonds. The number of benzene rings is 1. The number of hydrogen-bond donors (Lipinski definition) is 0. The average molecular weight is 325 g/mol. The third kappa shape index (κ3) is 2.55. The van der Waals surface area contributed by atoms with Crippen LogP contribution in [0.3, 0.4) is 0 Å². The van der Waals surface area contributed by atoms with E-state index in [4.69, 9.17) is 4.52 Å². The summed E-state index contributed by atoms with van der Waals surface area (Å²) in [6.45, 7) is 2.92. The van der Waals surface area contributed by atoms with Gasteiger partial charge in [0.05, 0.1) is 17.8 Å². The molecule has 1 aliphatic heterocycles. The van der Waals surface area contributed by atoms with Gasteiger partial charge in [0.1, 0.15) is 6.54 Å². The smallest absolute Gasteiger partial charge is 0.244 e. The van der Waals surface area contributed by atoms with E-state index >= 15 is 0 Å². The molecule has 7 nitrogen and oxygen atoms in total. The van der Waals surface area contributed by atoms with Crippen molar-refractivity contribution in [1.82, 2.24) is 24.8 Å². The van der Waals surface area contributed by atoms with Gasteiger partial charge in [-0.1, -0.05) is 30.3 Å². The Morgan fingerprint density at radius 2 is 2.25 bits per heavy atom. The highest BCUT2D eigenvalue weighted by Gasteiger charge is 2.33. The van der Waals surface area contributed by atoms with Gasteiger partial charge in [0, 0.05) is 18.4 Å². The highest BCUT2D eigenvalue weighted by Crippen LogP contribution is 2.30. The van der Waals surface area contributed by atoms with Crippen LogP contribution in [0.5, 0.6) is 0 Å². The van der Waals surface area contributed by atoms with Gasteiger partial charge in [-0.05, 0) is 18.9 Å². The van der Waals surface area contributed by atoms with Gasteiger partial charge < -0.3 is 9.42 Å². The molecule has 24 heavy (non-hydrogen) atoms. The SMILES string of the molecule is CCc1nc(C2CCCN2C(=O)Cn2ncc3ccccc32)no1. The highest BCUT2D eigenvalue weighted by atomic mass is 16.5. The van der Waals surface area contributed by atoms with Crippen molar-refractivity contribution < 1.29 is 9.32 Å². The number of amides is 1. The number of nitrogens with zero attached hydrogens (tertiary/aromatic N) is 5. The number of aryl methyl sites for hydroxylation is 1. The molecule has 1 aliphatic rings. The molecule has 124 valence electrons. The summed E-state index contributed by atoms with van der Waals surface area (Å²) in [6.07, 6.45) is 4.31. The predicted octanol–water partition coefficient (Wildman–Crippen LogP) is 2.35. The van der Waals surface area contributed by atoms with E-state index in [1.54, 1.807) is 10.9 Å². The maximum atomic E-state index is 12.8. The van der Waals surface area contributed by atoms with Crippen LogP contribution in [0.2, 0.25) is 0 Å². The largest absolute Gasteiger partial charge is 0.339 e. The fraction of sp³-hybridized carbons (Fsp3) is 0.412. The van der Waals surface area contributed by atoms with E-state index in [1.807, 2.05) is 36.1 Å². The first-order valence-corrected chi connectivity index (χ1v) is 8.28. The standard InChI is InChI=1S/C17H19N5O2/c1-2-15-19-17(20-24-15)14-8-5-9-21(14)16(23)11-22-13-7-4-3-6-12(13)10-18-22/h3-4,6-7,10,14H,2,5,8-9,11H2,1H3. The third-order valence-electron chi connectivity index (χ3n) is 4.49. The van der Waals surface area contributed by atoms with Crippen molar-refractivity contribution in [3.05, 3.63) is 42.2 Å². The average Bonchev–Trinajstić information content (AvgIpc) is 3.34. The Hall–Kier alpha value is -2.70. The second kappa shape index (κ2) is 6.07. The molecule has 0 aliphatic carbocycles. The van der Waals surface area contributed by atoms with E-state index in [0.29, 0.717) is 18.1 Å². The van der Waals surface area contributed by atoms with Crippen LogP contribution in [-0.4, -0.2) is 37.3 Å². The summed E-state index contributed by atoms with van der Waals surface area (Å²) in [6, 6.07) is 7.80. The van der Waals surface area contributed by atoms with Crippen molar-refractivity contribution in [3.63, 3.8) is 0 Å². The van der Waals surface area contributed by atoms with Crippen LogP contribution in [0.25, 0.3) is 10.9 Å². The monoisotopic (exact) mass is 325 g/mol. The van der Waals surface area contributed by atoms with Gasteiger partial charge in [-0.25, -0.2) is 0 Å². The molecule has 3 aromatic rings. The molecule has 0 saturated carbocycles. The third-order valence-corrected chi connectivity index (χ3v) is 4.49. The van der Waals surface area contributed by atoms with Crippen molar-refractivity contribution in [2.75, 3.05) is 6.54 Å². The topological polar surface area (TPSA) is 77.1 Å². The predicted molar refractivity (Wildman–Crippen MR) is 87.1 cm³/mol. The summed E-state index contributed by atoms with van der Waals surface area (Å²) >= 11 is 0. The van der Waals surface area contributed by atoms with E-state index in [0.717, 1.165) is 30.3 Å². The first-order chi connectivity index (χ1) is 11.8. The fourth-order valence-corrected chi connectivity index (χ4v) is 3.25. The van der Waals surface area contributed by atoms with Crippen LogP contribution < -0.4 is 0 Å². The van der Waals surface area contributed by atoms with Crippen molar-refractivity contribution in [2.24, 2.45) is 0 Å². The van der Waals surface area contributed by atoms with Crippen LogP contribution >= 0.6 is 0 Å². The number of para-hydroxylation sites is 1. The lowest BCUT2D eigenvalue weighted by Crippen LogP contribution is -2.34. The Bertz CT molecular complexity index is 869. The molecular formula is C17H19N5O2. The summed E-state index contributed by atoms with van der Waals surface area (Å²) < 4.78 is 6.95. The molecule has 2 aromatic heterocycles. The van der Waals surface area contributed by atoms with Crippen LogP contribution in [0.1, 0.15) is 37.5 Å². The van der Waals surface area contributed by atoms with Gasteiger partial charge in [0.2, 0.25) is 11.8 Å². The van der Waals surface area contributed by atoms with Crippen LogP contribution in [-0.2, 0) is 17.8 Å². The van der Waals surface area contributed by atoms with Crippen molar-refractivity contribution in [1.29, 1.82) is 0 Å². The van der Waals surface area contributed by atoms with E-state index in [9.17, 15) is 4.79 Å². The van der Waals surface area contributed by atoms with Crippen LogP contribution in [0.4, 0.5) is 0 Å². The molecule has 0 spiro atoms. The second-order valence-corrected chi connectivity index (χ2v) is 6.01. The highest BCUT2D eigenvalue weighted by molar-refractivity contribution is 5.82. The molecule has 1 saturated heterocycles. The molecule has 0 bridgehead atoms.